The number of anilines is 2. The van der Waals surface area contributed by atoms with E-state index in [2.05, 4.69) is 16.0 Å². The van der Waals surface area contributed by atoms with Gasteiger partial charge in [0.15, 0.2) is 0 Å². The summed E-state index contributed by atoms with van der Waals surface area (Å²) >= 11 is 0. The first-order valence-corrected chi connectivity index (χ1v) is 9.32. The number of carbonyl (C=O) groups excluding carboxylic acids is 2. The van der Waals surface area contributed by atoms with Crippen LogP contribution in [0.4, 0.5) is 11.4 Å². The Morgan fingerprint density at radius 1 is 1.14 bits per heavy atom. The molecule has 0 aromatic heterocycles. The van der Waals surface area contributed by atoms with Crippen molar-refractivity contribution < 1.29 is 19.1 Å². The Bertz CT molecular complexity index is 802. The van der Waals surface area contributed by atoms with Crippen molar-refractivity contribution in [3.63, 3.8) is 0 Å². The van der Waals surface area contributed by atoms with E-state index < -0.39 is 0 Å². The van der Waals surface area contributed by atoms with Crippen molar-refractivity contribution in [2.45, 2.75) is 18.9 Å². The lowest BCUT2D eigenvalue weighted by Gasteiger charge is -2.12. The zero-order valence-electron chi connectivity index (χ0n) is 15.9. The summed E-state index contributed by atoms with van der Waals surface area (Å²) in [6.07, 6.45) is 2.15. The fourth-order valence-electron chi connectivity index (χ4n) is 2.98. The van der Waals surface area contributed by atoms with Crippen LogP contribution < -0.4 is 20.7 Å². The molecule has 2 aromatic rings. The van der Waals surface area contributed by atoms with Gasteiger partial charge in [-0.15, -0.1) is 0 Å². The highest BCUT2D eigenvalue weighted by Gasteiger charge is 2.16. The number of amides is 2. The zero-order valence-corrected chi connectivity index (χ0v) is 15.9. The number of carbonyl (C=O) groups is 2. The third-order valence-corrected chi connectivity index (χ3v) is 4.50. The average Bonchev–Trinajstić information content (AvgIpc) is 3.25. The molecule has 0 radical (unpaired) electrons. The Morgan fingerprint density at radius 3 is 2.64 bits per heavy atom. The second-order valence-electron chi connectivity index (χ2n) is 6.52. The van der Waals surface area contributed by atoms with Crippen LogP contribution in [0.3, 0.4) is 0 Å². The Morgan fingerprint density at radius 2 is 1.93 bits per heavy atom. The van der Waals surface area contributed by atoms with Crippen LogP contribution in [0.15, 0.2) is 48.5 Å². The maximum atomic E-state index is 12.2. The molecule has 1 atom stereocenters. The summed E-state index contributed by atoms with van der Waals surface area (Å²) in [7, 11) is 1.56. The molecule has 0 saturated carbocycles. The van der Waals surface area contributed by atoms with E-state index in [0.717, 1.165) is 25.1 Å². The van der Waals surface area contributed by atoms with Gasteiger partial charge in [-0.3, -0.25) is 9.59 Å². The predicted octanol–water partition coefficient (Wildman–Crippen LogP) is 2.65. The van der Waals surface area contributed by atoms with Crippen LogP contribution in [0.5, 0.6) is 5.75 Å². The maximum absolute atomic E-state index is 12.2. The van der Waals surface area contributed by atoms with Crippen molar-refractivity contribution in [3.8, 4) is 5.75 Å². The van der Waals surface area contributed by atoms with Crippen LogP contribution in [0.2, 0.25) is 0 Å². The standard InChI is InChI=1S/C21H25N3O4/c1-27-19-7-3-2-6-18(19)24-20(25)14-22-16-10-8-15(9-11-16)21(26)23-13-17-5-4-12-28-17/h2-3,6-11,17,22H,4-5,12-14H2,1H3,(H,23,26)(H,24,25). The summed E-state index contributed by atoms with van der Waals surface area (Å²) in [5.74, 6) is 0.285. The summed E-state index contributed by atoms with van der Waals surface area (Å²) in [6.45, 7) is 1.40. The van der Waals surface area contributed by atoms with Crippen LogP contribution >= 0.6 is 0 Å². The molecule has 1 fully saturated rings. The van der Waals surface area contributed by atoms with Gasteiger partial charge in [0.1, 0.15) is 5.75 Å². The third-order valence-electron chi connectivity index (χ3n) is 4.50. The second-order valence-corrected chi connectivity index (χ2v) is 6.52. The van der Waals surface area contributed by atoms with E-state index in [-0.39, 0.29) is 24.5 Å². The molecule has 3 N–H and O–H groups in total. The lowest BCUT2D eigenvalue weighted by atomic mass is 10.2. The van der Waals surface area contributed by atoms with E-state index in [1.807, 2.05) is 12.1 Å². The van der Waals surface area contributed by atoms with Crippen molar-refractivity contribution in [1.82, 2.24) is 5.32 Å². The Labute approximate surface area is 164 Å². The largest absolute Gasteiger partial charge is 0.495 e. The minimum absolute atomic E-state index is 0.0998. The smallest absolute Gasteiger partial charge is 0.251 e. The predicted molar refractivity (Wildman–Crippen MR) is 108 cm³/mol. The van der Waals surface area contributed by atoms with Crippen LogP contribution in [-0.4, -0.2) is 44.7 Å². The minimum Gasteiger partial charge on any atom is -0.495 e. The van der Waals surface area contributed by atoms with E-state index in [1.165, 1.54) is 0 Å². The van der Waals surface area contributed by atoms with E-state index in [1.54, 1.807) is 43.5 Å². The van der Waals surface area contributed by atoms with Gasteiger partial charge < -0.3 is 25.4 Å². The Balaban J connectivity index is 1.45. The Kier molecular flexibility index (Phi) is 6.86. The SMILES string of the molecule is COc1ccccc1NC(=O)CNc1ccc(C(=O)NCC2CCCO2)cc1. The molecule has 2 aromatic carbocycles. The van der Waals surface area contributed by atoms with Gasteiger partial charge in [-0.25, -0.2) is 0 Å². The minimum atomic E-state index is -0.192. The van der Waals surface area contributed by atoms with Crippen LogP contribution in [0, 0.1) is 0 Å². The lowest BCUT2D eigenvalue weighted by molar-refractivity contribution is -0.114. The maximum Gasteiger partial charge on any atom is 0.251 e. The van der Waals surface area contributed by atoms with Crippen molar-refractivity contribution >= 4 is 23.2 Å². The fourth-order valence-corrected chi connectivity index (χ4v) is 2.98. The van der Waals surface area contributed by atoms with E-state index in [9.17, 15) is 9.59 Å². The summed E-state index contributed by atoms with van der Waals surface area (Å²) in [5, 5.41) is 8.73. The van der Waals surface area contributed by atoms with Gasteiger partial charge >= 0.3 is 0 Å². The normalized spacial score (nSPS) is 15.7. The first kappa shape index (κ1) is 19.7. The molecular formula is C21H25N3O4. The van der Waals surface area contributed by atoms with Gasteiger partial charge in [-0.05, 0) is 49.2 Å². The van der Waals surface area contributed by atoms with Crippen molar-refractivity contribution in [2.75, 3.05) is 37.4 Å². The first-order chi connectivity index (χ1) is 13.7. The molecule has 7 heteroatoms. The molecule has 1 saturated heterocycles. The molecule has 2 amide bonds. The van der Waals surface area contributed by atoms with Gasteiger partial charge in [-0.2, -0.15) is 0 Å². The monoisotopic (exact) mass is 383 g/mol. The van der Waals surface area contributed by atoms with Gasteiger partial charge in [-0.1, -0.05) is 12.1 Å². The second kappa shape index (κ2) is 9.75. The average molecular weight is 383 g/mol. The molecule has 1 unspecified atom stereocenters. The highest BCUT2D eigenvalue weighted by Crippen LogP contribution is 2.22. The van der Waals surface area contributed by atoms with E-state index in [0.29, 0.717) is 23.5 Å². The van der Waals surface area contributed by atoms with E-state index >= 15 is 0 Å². The molecule has 1 heterocycles. The zero-order chi connectivity index (χ0) is 19.8. The molecule has 7 nitrogen and oxygen atoms in total. The fraction of sp³-hybridized carbons (Fsp3) is 0.333. The molecule has 1 aliphatic heterocycles. The van der Waals surface area contributed by atoms with E-state index in [4.69, 9.17) is 9.47 Å². The summed E-state index contributed by atoms with van der Waals surface area (Å²) in [6, 6.07) is 14.2. The number of ether oxygens (including phenoxy) is 2. The summed E-state index contributed by atoms with van der Waals surface area (Å²) < 4.78 is 10.7. The van der Waals surface area contributed by atoms with Crippen LogP contribution in [0.1, 0.15) is 23.2 Å². The molecule has 3 rings (SSSR count). The molecule has 0 aliphatic carbocycles. The van der Waals surface area contributed by atoms with Crippen molar-refractivity contribution in [3.05, 3.63) is 54.1 Å². The molecule has 1 aliphatic rings. The highest BCUT2D eigenvalue weighted by molar-refractivity contribution is 5.96. The molecular weight excluding hydrogens is 358 g/mol. The number of methoxy groups -OCH3 is 1. The number of hydrogen-bond donors (Lipinski definition) is 3. The molecule has 0 bridgehead atoms. The molecule has 0 spiro atoms. The van der Waals surface area contributed by atoms with Crippen LogP contribution in [-0.2, 0) is 9.53 Å². The number of nitrogens with one attached hydrogen (secondary N) is 3. The number of para-hydroxylation sites is 2. The lowest BCUT2D eigenvalue weighted by Crippen LogP contribution is -2.31. The number of rotatable bonds is 8. The molecule has 28 heavy (non-hydrogen) atoms. The van der Waals surface area contributed by atoms with Crippen molar-refractivity contribution in [2.24, 2.45) is 0 Å². The number of benzene rings is 2. The topological polar surface area (TPSA) is 88.7 Å². The summed E-state index contributed by atoms with van der Waals surface area (Å²) in [4.78, 5) is 24.3. The number of hydrogen-bond acceptors (Lipinski definition) is 5. The van der Waals surface area contributed by atoms with Gasteiger partial charge in [0.25, 0.3) is 5.91 Å². The third kappa shape index (κ3) is 5.47. The Hall–Kier alpha value is -3.06. The van der Waals surface area contributed by atoms with Crippen LogP contribution in [0.25, 0.3) is 0 Å². The van der Waals surface area contributed by atoms with Gasteiger partial charge in [0, 0.05) is 24.4 Å². The highest BCUT2D eigenvalue weighted by atomic mass is 16.5. The van der Waals surface area contributed by atoms with Gasteiger partial charge in [0.2, 0.25) is 5.91 Å². The van der Waals surface area contributed by atoms with Crippen molar-refractivity contribution in [1.29, 1.82) is 0 Å². The molecule has 148 valence electrons. The first-order valence-electron chi connectivity index (χ1n) is 9.32. The quantitative estimate of drug-likeness (QED) is 0.652. The summed E-state index contributed by atoms with van der Waals surface area (Å²) in [5.41, 5.74) is 1.95. The van der Waals surface area contributed by atoms with Gasteiger partial charge in [0.05, 0.1) is 25.4 Å².